The number of aromatic nitrogens is 1. The molecule has 0 saturated carbocycles. The van der Waals surface area contributed by atoms with Crippen molar-refractivity contribution >= 4 is 35.3 Å². The summed E-state index contributed by atoms with van der Waals surface area (Å²) in [7, 11) is 0. The normalized spacial score (nSPS) is 18.3. The highest BCUT2D eigenvalue weighted by Gasteiger charge is 2.47. The van der Waals surface area contributed by atoms with E-state index in [2.05, 4.69) is 32.8 Å². The lowest BCUT2D eigenvalue weighted by Crippen LogP contribution is -2.62. The number of nitrogens with zero attached hydrogens (tertiary/aromatic N) is 2. The van der Waals surface area contributed by atoms with Crippen molar-refractivity contribution < 1.29 is 28.8 Å². The van der Waals surface area contributed by atoms with Crippen molar-refractivity contribution in [3.05, 3.63) is 42.7 Å². The maximum absolute atomic E-state index is 14.2. The number of ketones is 2. The third-order valence-electron chi connectivity index (χ3n) is 8.26. The predicted octanol–water partition coefficient (Wildman–Crippen LogP) is 3.03. The number of likely N-dealkylation sites (tertiary alicyclic amines) is 1. The van der Waals surface area contributed by atoms with Gasteiger partial charge >= 0.3 is 6.03 Å². The molecule has 12 heteroatoms. The summed E-state index contributed by atoms with van der Waals surface area (Å²) >= 11 is 0. The van der Waals surface area contributed by atoms with Crippen LogP contribution < -0.4 is 21.3 Å². The third kappa shape index (κ3) is 9.95. The lowest BCUT2D eigenvalue weighted by Gasteiger charge is -2.37. The van der Waals surface area contributed by atoms with Crippen LogP contribution in [0.25, 0.3) is 0 Å². The van der Waals surface area contributed by atoms with Crippen molar-refractivity contribution in [1.29, 1.82) is 0 Å². The van der Waals surface area contributed by atoms with Gasteiger partial charge in [-0.25, -0.2) is 4.79 Å². The molecule has 12 nitrogen and oxygen atoms in total. The summed E-state index contributed by atoms with van der Waals surface area (Å²) in [6.07, 6.45) is 5.79. The van der Waals surface area contributed by atoms with Crippen LogP contribution in [-0.4, -0.2) is 82.5 Å². The third-order valence-corrected chi connectivity index (χ3v) is 8.26. The van der Waals surface area contributed by atoms with Crippen LogP contribution in [0, 0.1) is 23.2 Å². The van der Waals surface area contributed by atoms with Gasteiger partial charge in [-0.1, -0.05) is 67.9 Å². The van der Waals surface area contributed by atoms with Gasteiger partial charge in [0.15, 0.2) is 5.78 Å². The van der Waals surface area contributed by atoms with Crippen molar-refractivity contribution in [3.8, 4) is 0 Å². The molecule has 2 heterocycles. The lowest BCUT2D eigenvalue weighted by atomic mass is 9.84. The minimum Gasteiger partial charge on any atom is -0.346 e. The number of Topliss-reactive ketones (excluding diaryl/α,β-unsaturated/α-hetero) is 2. The van der Waals surface area contributed by atoms with Crippen molar-refractivity contribution in [2.75, 3.05) is 13.1 Å². The summed E-state index contributed by atoms with van der Waals surface area (Å²) in [4.78, 5) is 85.5. The van der Waals surface area contributed by atoms with Gasteiger partial charge in [-0.3, -0.25) is 29.0 Å². The topological polar surface area (TPSA) is 167 Å². The Morgan fingerprint density at radius 3 is 2.26 bits per heavy atom. The summed E-state index contributed by atoms with van der Waals surface area (Å²) < 4.78 is 0. The Labute approximate surface area is 272 Å². The maximum Gasteiger partial charge on any atom is 0.316 e. The summed E-state index contributed by atoms with van der Waals surface area (Å²) in [5, 5.41) is 10.8. The molecule has 1 unspecified atom stereocenters. The van der Waals surface area contributed by atoms with Gasteiger partial charge in [0.05, 0.1) is 12.1 Å². The first-order valence-electron chi connectivity index (χ1n) is 16.1. The minimum absolute atomic E-state index is 0.0272. The standard InChI is InChI=1S/C34H52N6O6/c1-10-13-24(28(42)31(44)36-16-11-2)37-30(43)26-23(20(3)4)15-18-40(26)32(45)29(34(7,8)9)39-33(46)38-25(21(5)6)27(41)22-14-12-17-35-19-22/h11-12,14,17,19-21,23-26,29H,2,10,13,15-16,18H2,1,3-9H3,(H,36,44)(H,37,43)(H2,38,39,46)/t23-,24?,25+,26+,29-/m1/s1. The zero-order valence-corrected chi connectivity index (χ0v) is 28.5. The molecule has 1 aromatic heterocycles. The van der Waals surface area contributed by atoms with E-state index in [-0.39, 0.29) is 43.0 Å². The van der Waals surface area contributed by atoms with Crippen LogP contribution in [0.4, 0.5) is 4.79 Å². The number of amides is 5. The molecule has 0 aromatic carbocycles. The van der Waals surface area contributed by atoms with Crippen molar-refractivity contribution in [1.82, 2.24) is 31.2 Å². The molecule has 1 saturated heterocycles. The number of pyridine rings is 1. The highest BCUT2D eigenvalue weighted by Crippen LogP contribution is 2.33. The van der Waals surface area contributed by atoms with E-state index in [1.807, 2.05) is 34.6 Å². The fourth-order valence-corrected chi connectivity index (χ4v) is 5.67. The second-order valence-electron chi connectivity index (χ2n) is 13.6. The van der Waals surface area contributed by atoms with E-state index in [1.165, 1.54) is 17.2 Å². The van der Waals surface area contributed by atoms with Gasteiger partial charge in [-0.2, -0.15) is 0 Å². The highest BCUT2D eigenvalue weighted by atomic mass is 16.2. The first-order valence-corrected chi connectivity index (χ1v) is 16.1. The number of carbonyl (C=O) groups is 6. The molecular weight excluding hydrogens is 588 g/mol. The molecule has 1 aliphatic heterocycles. The molecule has 1 aromatic rings. The van der Waals surface area contributed by atoms with E-state index in [9.17, 15) is 28.8 Å². The van der Waals surface area contributed by atoms with Crippen LogP contribution in [0.5, 0.6) is 0 Å². The van der Waals surface area contributed by atoms with Gasteiger partial charge < -0.3 is 26.2 Å². The molecule has 5 amide bonds. The summed E-state index contributed by atoms with van der Waals surface area (Å²) in [5.41, 5.74) is -0.413. The average molecular weight is 641 g/mol. The fourth-order valence-electron chi connectivity index (χ4n) is 5.67. The van der Waals surface area contributed by atoms with E-state index in [0.717, 1.165) is 0 Å². The average Bonchev–Trinajstić information content (AvgIpc) is 3.46. The largest absolute Gasteiger partial charge is 0.346 e. The van der Waals surface area contributed by atoms with E-state index in [4.69, 9.17) is 0 Å². The molecule has 254 valence electrons. The number of rotatable bonds is 15. The lowest BCUT2D eigenvalue weighted by molar-refractivity contribution is -0.144. The smallest absolute Gasteiger partial charge is 0.316 e. The monoisotopic (exact) mass is 640 g/mol. The zero-order chi connectivity index (χ0) is 34.8. The van der Waals surface area contributed by atoms with Crippen LogP contribution in [0.1, 0.15) is 85.0 Å². The van der Waals surface area contributed by atoms with E-state index >= 15 is 0 Å². The Kier molecular flexibility index (Phi) is 14.1. The number of urea groups is 1. The molecular formula is C34H52N6O6. The van der Waals surface area contributed by atoms with Gasteiger partial charge in [0.2, 0.25) is 17.6 Å². The molecule has 1 aliphatic rings. The highest BCUT2D eigenvalue weighted by molar-refractivity contribution is 6.38. The van der Waals surface area contributed by atoms with Crippen LogP contribution in [0.15, 0.2) is 37.2 Å². The molecule has 0 bridgehead atoms. The van der Waals surface area contributed by atoms with Crippen LogP contribution in [0.3, 0.4) is 0 Å². The van der Waals surface area contributed by atoms with Crippen LogP contribution >= 0.6 is 0 Å². The van der Waals surface area contributed by atoms with Gasteiger partial charge in [0, 0.05) is 31.0 Å². The summed E-state index contributed by atoms with van der Waals surface area (Å²) in [6, 6.07) is -1.31. The number of hydrogen-bond acceptors (Lipinski definition) is 7. The molecule has 2 rings (SSSR count). The van der Waals surface area contributed by atoms with E-state index in [1.54, 1.807) is 39.1 Å². The van der Waals surface area contributed by atoms with Crippen molar-refractivity contribution in [3.63, 3.8) is 0 Å². The number of carbonyl (C=O) groups excluding carboxylic acids is 6. The predicted molar refractivity (Wildman–Crippen MR) is 176 cm³/mol. The number of hydrogen-bond donors (Lipinski definition) is 4. The molecule has 0 radical (unpaired) electrons. The van der Waals surface area contributed by atoms with Gasteiger partial charge in [0.1, 0.15) is 12.1 Å². The second-order valence-corrected chi connectivity index (χ2v) is 13.6. The fraction of sp³-hybridized carbons (Fsp3) is 0.618. The minimum atomic E-state index is -1.06. The quantitative estimate of drug-likeness (QED) is 0.130. The Balaban J connectivity index is 2.33. The first kappa shape index (κ1) is 38.1. The molecule has 0 spiro atoms. The first-order chi connectivity index (χ1) is 21.5. The number of nitrogens with one attached hydrogen (secondary N) is 4. The SMILES string of the molecule is C=CCNC(=O)C(=O)C(CCC)NC(=O)[C@@H]1[C@@H](C(C)C)CCN1C(=O)[C@@H](NC(=O)N[C@H](C(=O)c1cccnc1)C(C)C)C(C)(C)C. The Bertz CT molecular complexity index is 1260. The molecule has 0 aliphatic carbocycles. The van der Waals surface area contributed by atoms with Gasteiger partial charge in [0.25, 0.3) is 5.91 Å². The molecule has 46 heavy (non-hydrogen) atoms. The Morgan fingerprint density at radius 2 is 1.74 bits per heavy atom. The van der Waals surface area contributed by atoms with E-state index in [0.29, 0.717) is 18.4 Å². The van der Waals surface area contributed by atoms with E-state index < -0.39 is 59.1 Å². The van der Waals surface area contributed by atoms with Crippen molar-refractivity contribution in [2.45, 2.75) is 98.8 Å². The van der Waals surface area contributed by atoms with Crippen LogP contribution in [0.2, 0.25) is 0 Å². The van der Waals surface area contributed by atoms with Gasteiger partial charge in [-0.05, 0) is 48.1 Å². The summed E-state index contributed by atoms with van der Waals surface area (Å²) in [5.74, 6) is -3.30. The summed E-state index contributed by atoms with van der Waals surface area (Å²) in [6.45, 7) is 18.7. The maximum atomic E-state index is 14.2. The van der Waals surface area contributed by atoms with Gasteiger partial charge in [-0.15, -0.1) is 6.58 Å². The second kappa shape index (κ2) is 17.0. The molecule has 1 fully saturated rings. The van der Waals surface area contributed by atoms with Crippen LogP contribution in [-0.2, 0) is 19.2 Å². The molecule has 5 atom stereocenters. The Morgan fingerprint density at radius 1 is 1.07 bits per heavy atom. The molecule has 4 N–H and O–H groups in total. The van der Waals surface area contributed by atoms with Crippen molar-refractivity contribution in [2.24, 2.45) is 23.2 Å². The Hall–Kier alpha value is -4.09. The zero-order valence-electron chi connectivity index (χ0n) is 28.5.